The summed E-state index contributed by atoms with van der Waals surface area (Å²) in [5, 5.41) is 3.10. The van der Waals surface area contributed by atoms with Crippen LogP contribution >= 0.6 is 22.9 Å². The average Bonchev–Trinajstić information content (AvgIpc) is 3.04. The summed E-state index contributed by atoms with van der Waals surface area (Å²) in [5.41, 5.74) is 1.14. The number of nitrogens with zero attached hydrogens (tertiary/aromatic N) is 4. The molecule has 0 saturated carbocycles. The minimum absolute atomic E-state index is 0.111. The van der Waals surface area contributed by atoms with Gasteiger partial charge in [-0.05, 0) is 19.1 Å². The molecule has 1 saturated heterocycles. The number of anilines is 1. The van der Waals surface area contributed by atoms with E-state index >= 15 is 0 Å². The van der Waals surface area contributed by atoms with Crippen molar-refractivity contribution in [2.75, 3.05) is 38.1 Å². The molecule has 1 fully saturated rings. The smallest absolute Gasteiger partial charge is 0.282 e. The largest absolute Gasteiger partial charge is 0.345 e. The third-order valence-electron chi connectivity index (χ3n) is 4.28. The van der Waals surface area contributed by atoms with Gasteiger partial charge in [-0.2, -0.15) is 17.0 Å². The van der Waals surface area contributed by atoms with Gasteiger partial charge in [-0.1, -0.05) is 17.7 Å². The molecule has 0 atom stereocenters. The highest BCUT2D eigenvalue weighted by Gasteiger charge is 2.31. The predicted octanol–water partition coefficient (Wildman–Crippen LogP) is 2.74. The molecule has 0 amide bonds. The maximum atomic E-state index is 14.0. The lowest BCUT2D eigenvalue weighted by atomic mass is 10.2. The van der Waals surface area contributed by atoms with Crippen LogP contribution in [0.4, 0.5) is 9.52 Å². The van der Waals surface area contributed by atoms with Crippen LogP contribution in [-0.2, 0) is 16.8 Å². The quantitative estimate of drug-likeness (QED) is 0.749. The van der Waals surface area contributed by atoms with Crippen LogP contribution in [0.3, 0.4) is 0 Å². The summed E-state index contributed by atoms with van der Waals surface area (Å²) < 4.78 is 42.1. The van der Waals surface area contributed by atoms with Gasteiger partial charge in [0.25, 0.3) is 10.2 Å². The van der Waals surface area contributed by atoms with Gasteiger partial charge in [0.15, 0.2) is 5.13 Å². The second kappa shape index (κ2) is 7.77. The van der Waals surface area contributed by atoms with E-state index in [-0.39, 0.29) is 17.1 Å². The van der Waals surface area contributed by atoms with E-state index in [4.69, 9.17) is 11.6 Å². The lowest BCUT2D eigenvalue weighted by molar-refractivity contribution is 0.339. The molecule has 0 radical (unpaired) electrons. The molecule has 26 heavy (non-hydrogen) atoms. The van der Waals surface area contributed by atoms with E-state index in [9.17, 15) is 12.8 Å². The maximum Gasteiger partial charge on any atom is 0.282 e. The van der Waals surface area contributed by atoms with E-state index in [0.29, 0.717) is 26.2 Å². The SMILES string of the molecule is Cc1csc(N2CCN(S(=O)(=O)N(C)Cc3c(F)cccc3Cl)CC2)n1. The van der Waals surface area contributed by atoms with Crippen molar-refractivity contribution in [3.8, 4) is 0 Å². The molecule has 3 rings (SSSR count). The fraction of sp³-hybridized carbons (Fsp3) is 0.438. The fourth-order valence-electron chi connectivity index (χ4n) is 2.78. The minimum Gasteiger partial charge on any atom is -0.345 e. The molecular formula is C16H20ClFN4O2S2. The van der Waals surface area contributed by atoms with Crippen LogP contribution in [0.5, 0.6) is 0 Å². The van der Waals surface area contributed by atoms with Crippen LogP contribution in [-0.4, -0.2) is 55.2 Å². The Morgan fingerprint density at radius 1 is 1.31 bits per heavy atom. The van der Waals surface area contributed by atoms with Crippen LogP contribution in [0, 0.1) is 12.7 Å². The lowest BCUT2D eigenvalue weighted by Crippen LogP contribution is -2.52. The topological polar surface area (TPSA) is 56.8 Å². The van der Waals surface area contributed by atoms with Crippen molar-refractivity contribution in [3.63, 3.8) is 0 Å². The van der Waals surface area contributed by atoms with Gasteiger partial charge in [0.05, 0.1) is 5.69 Å². The van der Waals surface area contributed by atoms with E-state index in [0.717, 1.165) is 15.1 Å². The zero-order valence-electron chi connectivity index (χ0n) is 14.5. The summed E-state index contributed by atoms with van der Waals surface area (Å²) in [6, 6.07) is 4.32. The summed E-state index contributed by atoms with van der Waals surface area (Å²) >= 11 is 7.57. The van der Waals surface area contributed by atoms with E-state index in [1.54, 1.807) is 17.4 Å². The Labute approximate surface area is 162 Å². The third kappa shape index (κ3) is 4.01. The van der Waals surface area contributed by atoms with Gasteiger partial charge in [0.2, 0.25) is 0 Å². The van der Waals surface area contributed by atoms with Gasteiger partial charge in [0.1, 0.15) is 5.82 Å². The predicted molar refractivity (Wildman–Crippen MR) is 102 cm³/mol. The van der Waals surface area contributed by atoms with Crippen LogP contribution in [0.2, 0.25) is 5.02 Å². The molecular weight excluding hydrogens is 399 g/mol. The number of piperazine rings is 1. The van der Waals surface area contributed by atoms with Gasteiger partial charge >= 0.3 is 0 Å². The second-order valence-electron chi connectivity index (χ2n) is 6.12. The Hall–Kier alpha value is -1.26. The number of aryl methyl sites for hydroxylation is 1. The van der Waals surface area contributed by atoms with E-state index in [1.807, 2.05) is 12.3 Å². The van der Waals surface area contributed by atoms with E-state index < -0.39 is 16.0 Å². The van der Waals surface area contributed by atoms with Gasteiger partial charge < -0.3 is 4.90 Å². The molecule has 1 aromatic heterocycles. The minimum atomic E-state index is -3.70. The van der Waals surface area contributed by atoms with Crippen LogP contribution < -0.4 is 4.90 Å². The van der Waals surface area contributed by atoms with Crippen molar-refractivity contribution < 1.29 is 12.8 Å². The molecule has 6 nitrogen and oxygen atoms in total. The Bertz CT molecular complexity index is 862. The maximum absolute atomic E-state index is 14.0. The Kier molecular flexibility index (Phi) is 5.83. The molecule has 0 spiro atoms. The summed E-state index contributed by atoms with van der Waals surface area (Å²) in [5.74, 6) is -0.511. The van der Waals surface area contributed by atoms with Crippen molar-refractivity contribution in [2.24, 2.45) is 0 Å². The number of aromatic nitrogens is 1. The number of thiazole rings is 1. The van der Waals surface area contributed by atoms with Crippen molar-refractivity contribution in [1.82, 2.24) is 13.6 Å². The molecule has 0 bridgehead atoms. The Morgan fingerprint density at radius 2 is 2.00 bits per heavy atom. The highest BCUT2D eigenvalue weighted by atomic mass is 35.5. The first-order valence-corrected chi connectivity index (χ1v) is 10.8. The van der Waals surface area contributed by atoms with Gasteiger partial charge in [0, 0.05) is 55.7 Å². The normalized spacial score (nSPS) is 16.4. The summed E-state index contributed by atoms with van der Waals surface area (Å²) in [6.45, 7) is 3.68. The highest BCUT2D eigenvalue weighted by molar-refractivity contribution is 7.86. The highest BCUT2D eigenvalue weighted by Crippen LogP contribution is 2.24. The first-order valence-electron chi connectivity index (χ1n) is 8.10. The van der Waals surface area contributed by atoms with Crippen LogP contribution in [0.15, 0.2) is 23.6 Å². The van der Waals surface area contributed by atoms with Crippen LogP contribution in [0.1, 0.15) is 11.3 Å². The zero-order valence-corrected chi connectivity index (χ0v) is 16.9. The number of hydrogen-bond acceptors (Lipinski definition) is 5. The Balaban J connectivity index is 1.67. The molecule has 142 valence electrons. The molecule has 0 N–H and O–H groups in total. The third-order valence-corrected chi connectivity index (χ3v) is 7.59. The Morgan fingerprint density at radius 3 is 2.58 bits per heavy atom. The molecule has 10 heteroatoms. The summed E-state index contributed by atoms with van der Waals surface area (Å²) in [7, 11) is -2.26. The van der Waals surface area contributed by atoms with Crippen molar-refractivity contribution in [1.29, 1.82) is 0 Å². The number of benzene rings is 1. The molecule has 0 unspecified atom stereocenters. The molecule has 0 aliphatic carbocycles. The van der Waals surface area contributed by atoms with E-state index in [2.05, 4.69) is 9.88 Å². The number of halogens is 2. The molecule has 2 aromatic rings. The summed E-state index contributed by atoms with van der Waals surface area (Å²) in [6.07, 6.45) is 0. The van der Waals surface area contributed by atoms with E-state index in [1.165, 1.54) is 23.5 Å². The molecule has 1 aromatic carbocycles. The van der Waals surface area contributed by atoms with Gasteiger partial charge in [-0.3, -0.25) is 0 Å². The molecule has 1 aliphatic rings. The molecule has 1 aliphatic heterocycles. The first-order chi connectivity index (χ1) is 12.3. The lowest BCUT2D eigenvalue weighted by Gasteiger charge is -2.35. The molecule has 2 heterocycles. The number of rotatable bonds is 5. The van der Waals surface area contributed by atoms with Gasteiger partial charge in [-0.15, -0.1) is 11.3 Å². The second-order valence-corrected chi connectivity index (χ2v) is 9.40. The van der Waals surface area contributed by atoms with Gasteiger partial charge in [-0.25, -0.2) is 9.37 Å². The van der Waals surface area contributed by atoms with Crippen LogP contribution in [0.25, 0.3) is 0 Å². The average molecular weight is 419 g/mol. The number of hydrogen-bond donors (Lipinski definition) is 0. The van der Waals surface area contributed by atoms with Crippen molar-refractivity contribution in [3.05, 3.63) is 45.7 Å². The standard InChI is InChI=1S/C16H20ClFN4O2S2/c1-12-11-25-16(19-12)21-6-8-22(9-7-21)26(23,24)20(2)10-13-14(17)4-3-5-15(13)18/h3-5,11H,6-10H2,1-2H3. The van der Waals surface area contributed by atoms with Crippen molar-refractivity contribution >= 4 is 38.3 Å². The van der Waals surface area contributed by atoms with Crippen molar-refractivity contribution in [2.45, 2.75) is 13.5 Å². The first kappa shape index (κ1) is 19.5. The monoisotopic (exact) mass is 418 g/mol. The summed E-state index contributed by atoms with van der Waals surface area (Å²) in [4.78, 5) is 6.52. The fourth-order valence-corrected chi connectivity index (χ4v) is 5.17. The zero-order chi connectivity index (χ0) is 18.9.